The average Bonchev–Trinajstić information content (AvgIpc) is 2.90. The van der Waals surface area contributed by atoms with Crippen LogP contribution in [0.5, 0.6) is 5.75 Å². The number of rotatable bonds is 4. The highest BCUT2D eigenvalue weighted by atomic mass is 32.2. The van der Waals surface area contributed by atoms with E-state index in [4.69, 9.17) is 9.73 Å². The molecule has 1 aromatic rings. The number of carbonyl (C=O) groups excluding carboxylic acids is 1. The molecule has 1 aliphatic carbocycles. The highest BCUT2D eigenvalue weighted by Crippen LogP contribution is 2.30. The number of benzene rings is 1. The molecule has 2 fully saturated rings. The standard InChI is InChI=1S/C18H22N2O2S/c1-2-22-15-11-7-6-8-13(15)12-16-17(21)20-18(23-16)19-14-9-4-3-5-10-14/h6-8,11-12,14H,2-5,9-10H2,1H3,(H,19,20,21)/b16-12-. The molecule has 1 aromatic carbocycles. The van der Waals surface area contributed by atoms with Crippen molar-refractivity contribution in [2.24, 2.45) is 4.99 Å². The number of nitrogens with one attached hydrogen (secondary N) is 1. The number of nitrogens with zero attached hydrogens (tertiary/aromatic N) is 1. The quantitative estimate of drug-likeness (QED) is 0.850. The summed E-state index contributed by atoms with van der Waals surface area (Å²) in [6.07, 6.45) is 7.93. The third-order valence-corrected chi connectivity index (χ3v) is 4.95. The number of amides is 1. The lowest BCUT2D eigenvalue weighted by molar-refractivity contribution is -0.115. The fraction of sp³-hybridized carbons (Fsp3) is 0.444. The molecule has 1 saturated carbocycles. The van der Waals surface area contributed by atoms with Gasteiger partial charge in [0.1, 0.15) is 5.75 Å². The number of ether oxygens (including phenoxy) is 1. The monoisotopic (exact) mass is 330 g/mol. The Balaban J connectivity index is 1.76. The second-order valence-electron chi connectivity index (χ2n) is 5.76. The van der Waals surface area contributed by atoms with E-state index in [2.05, 4.69) is 5.32 Å². The van der Waals surface area contributed by atoms with Crippen LogP contribution in [0.25, 0.3) is 6.08 Å². The maximum Gasteiger partial charge on any atom is 0.264 e. The zero-order valence-corrected chi connectivity index (χ0v) is 14.2. The zero-order chi connectivity index (χ0) is 16.1. The Kier molecular flexibility index (Phi) is 5.39. The minimum atomic E-state index is -0.0733. The largest absolute Gasteiger partial charge is 0.493 e. The summed E-state index contributed by atoms with van der Waals surface area (Å²) >= 11 is 1.43. The minimum Gasteiger partial charge on any atom is -0.493 e. The molecule has 1 N–H and O–H groups in total. The van der Waals surface area contributed by atoms with E-state index in [9.17, 15) is 4.79 Å². The van der Waals surface area contributed by atoms with Gasteiger partial charge in [0, 0.05) is 5.56 Å². The smallest absolute Gasteiger partial charge is 0.264 e. The predicted octanol–water partition coefficient (Wildman–Crippen LogP) is 3.98. The van der Waals surface area contributed by atoms with Crippen LogP contribution in [-0.4, -0.2) is 23.7 Å². The van der Waals surface area contributed by atoms with E-state index in [1.807, 2.05) is 37.3 Å². The molecule has 2 aliphatic rings. The van der Waals surface area contributed by atoms with Crippen molar-refractivity contribution in [1.82, 2.24) is 5.32 Å². The highest BCUT2D eigenvalue weighted by Gasteiger charge is 2.25. The van der Waals surface area contributed by atoms with E-state index in [1.54, 1.807) is 0 Å². The van der Waals surface area contributed by atoms with E-state index >= 15 is 0 Å². The number of thioether (sulfide) groups is 1. The van der Waals surface area contributed by atoms with Gasteiger partial charge < -0.3 is 10.1 Å². The molecule has 23 heavy (non-hydrogen) atoms. The van der Waals surface area contributed by atoms with Gasteiger partial charge in [0.25, 0.3) is 5.91 Å². The molecule has 0 unspecified atom stereocenters. The van der Waals surface area contributed by atoms with Crippen molar-refractivity contribution in [3.8, 4) is 5.75 Å². The van der Waals surface area contributed by atoms with Crippen molar-refractivity contribution < 1.29 is 9.53 Å². The van der Waals surface area contributed by atoms with Crippen LogP contribution in [0.3, 0.4) is 0 Å². The third kappa shape index (κ3) is 4.16. The lowest BCUT2D eigenvalue weighted by Gasteiger charge is -2.17. The first-order valence-corrected chi connectivity index (χ1v) is 9.08. The van der Waals surface area contributed by atoms with Gasteiger partial charge in [-0.25, -0.2) is 0 Å². The van der Waals surface area contributed by atoms with E-state index in [-0.39, 0.29) is 5.91 Å². The predicted molar refractivity (Wildman–Crippen MR) is 95.6 cm³/mol. The van der Waals surface area contributed by atoms with Gasteiger partial charge in [-0.05, 0) is 43.7 Å². The van der Waals surface area contributed by atoms with Gasteiger partial charge in [-0.2, -0.15) is 0 Å². The number of para-hydroxylation sites is 1. The molecule has 1 heterocycles. The molecule has 0 atom stereocenters. The summed E-state index contributed by atoms with van der Waals surface area (Å²) in [6, 6.07) is 8.13. The molecule has 0 bridgehead atoms. The molecule has 122 valence electrons. The Morgan fingerprint density at radius 3 is 2.87 bits per heavy atom. The fourth-order valence-electron chi connectivity index (χ4n) is 2.89. The lowest BCUT2D eigenvalue weighted by atomic mass is 9.96. The average molecular weight is 330 g/mol. The number of hydrogen-bond acceptors (Lipinski definition) is 4. The van der Waals surface area contributed by atoms with Crippen molar-refractivity contribution >= 4 is 28.9 Å². The van der Waals surface area contributed by atoms with Gasteiger partial charge in [-0.15, -0.1) is 0 Å². The maximum absolute atomic E-state index is 12.2. The summed E-state index contributed by atoms with van der Waals surface area (Å²) in [7, 11) is 0. The fourth-order valence-corrected chi connectivity index (χ4v) is 3.78. The van der Waals surface area contributed by atoms with Gasteiger partial charge in [-0.1, -0.05) is 37.5 Å². The molecular formula is C18H22N2O2S. The van der Waals surface area contributed by atoms with Crippen LogP contribution in [0.4, 0.5) is 0 Å². The van der Waals surface area contributed by atoms with E-state index in [0.29, 0.717) is 17.6 Å². The molecule has 0 aromatic heterocycles. The van der Waals surface area contributed by atoms with Crippen LogP contribution in [0, 0.1) is 0 Å². The Morgan fingerprint density at radius 2 is 2.09 bits per heavy atom. The number of amidine groups is 1. The SMILES string of the molecule is CCOc1ccccc1/C=C1\SC(=NC2CCCCC2)NC1=O. The van der Waals surface area contributed by atoms with Gasteiger partial charge in [0.05, 0.1) is 17.6 Å². The van der Waals surface area contributed by atoms with Crippen LogP contribution in [0.15, 0.2) is 34.2 Å². The Bertz CT molecular complexity index is 634. The van der Waals surface area contributed by atoms with E-state index in [0.717, 1.165) is 29.3 Å². The third-order valence-electron chi connectivity index (χ3n) is 4.03. The lowest BCUT2D eigenvalue weighted by Crippen LogP contribution is -2.22. The first-order chi connectivity index (χ1) is 11.3. The first-order valence-electron chi connectivity index (χ1n) is 8.27. The molecule has 0 spiro atoms. The maximum atomic E-state index is 12.2. The highest BCUT2D eigenvalue weighted by molar-refractivity contribution is 8.18. The summed E-state index contributed by atoms with van der Waals surface area (Å²) in [5, 5.41) is 3.63. The molecule has 0 radical (unpaired) electrons. The van der Waals surface area contributed by atoms with Gasteiger partial charge in [0.2, 0.25) is 0 Å². The van der Waals surface area contributed by atoms with Crippen molar-refractivity contribution in [2.75, 3.05) is 6.61 Å². The van der Waals surface area contributed by atoms with Crippen LogP contribution in [0.2, 0.25) is 0 Å². The summed E-state index contributed by atoms with van der Waals surface area (Å²) in [6.45, 7) is 2.56. The Morgan fingerprint density at radius 1 is 1.30 bits per heavy atom. The van der Waals surface area contributed by atoms with Crippen molar-refractivity contribution in [2.45, 2.75) is 45.1 Å². The van der Waals surface area contributed by atoms with E-state index < -0.39 is 0 Å². The molecule has 1 amide bonds. The molecule has 1 saturated heterocycles. The zero-order valence-electron chi connectivity index (χ0n) is 13.4. The van der Waals surface area contributed by atoms with Crippen LogP contribution >= 0.6 is 11.8 Å². The van der Waals surface area contributed by atoms with Crippen molar-refractivity contribution in [1.29, 1.82) is 0 Å². The minimum absolute atomic E-state index is 0.0733. The second kappa shape index (κ2) is 7.68. The Hall–Kier alpha value is -1.75. The summed E-state index contributed by atoms with van der Waals surface area (Å²) in [4.78, 5) is 17.6. The van der Waals surface area contributed by atoms with Gasteiger partial charge in [0.15, 0.2) is 5.17 Å². The number of carbonyl (C=O) groups is 1. The molecule has 1 aliphatic heterocycles. The summed E-state index contributed by atoms with van der Waals surface area (Å²) in [5.74, 6) is 0.726. The van der Waals surface area contributed by atoms with Gasteiger partial charge in [-0.3, -0.25) is 9.79 Å². The second-order valence-corrected chi connectivity index (χ2v) is 6.79. The summed E-state index contributed by atoms with van der Waals surface area (Å²) in [5.41, 5.74) is 0.922. The van der Waals surface area contributed by atoms with Crippen LogP contribution < -0.4 is 10.1 Å². The molecule has 5 heteroatoms. The van der Waals surface area contributed by atoms with Crippen molar-refractivity contribution in [3.63, 3.8) is 0 Å². The first kappa shape index (κ1) is 16.1. The molecule has 4 nitrogen and oxygen atoms in total. The number of aliphatic imine (C=N–C) groups is 1. The molecular weight excluding hydrogens is 308 g/mol. The normalized spacial score (nSPS) is 22.6. The summed E-state index contributed by atoms with van der Waals surface area (Å²) < 4.78 is 5.62. The van der Waals surface area contributed by atoms with Crippen LogP contribution in [-0.2, 0) is 4.79 Å². The van der Waals surface area contributed by atoms with E-state index in [1.165, 1.54) is 31.0 Å². The van der Waals surface area contributed by atoms with Crippen LogP contribution in [0.1, 0.15) is 44.6 Å². The number of hydrogen-bond donors (Lipinski definition) is 1. The molecule has 3 rings (SSSR count). The topological polar surface area (TPSA) is 50.7 Å². The van der Waals surface area contributed by atoms with Crippen molar-refractivity contribution in [3.05, 3.63) is 34.7 Å². The van der Waals surface area contributed by atoms with Gasteiger partial charge >= 0.3 is 0 Å². The Labute approximate surface area is 141 Å².